The van der Waals surface area contributed by atoms with Crippen molar-refractivity contribution in [2.45, 2.75) is 0 Å². The van der Waals surface area contributed by atoms with Crippen molar-refractivity contribution in [3.8, 4) is 23.6 Å². The Kier molecular flexibility index (Phi) is 5.37. The lowest BCUT2D eigenvalue weighted by Gasteiger charge is -2.09. The molecular weight excluding hydrogens is 336 g/mol. The van der Waals surface area contributed by atoms with Crippen LogP contribution in [0.2, 0.25) is 4.34 Å². The van der Waals surface area contributed by atoms with E-state index in [0.717, 1.165) is 11.3 Å². The van der Waals surface area contributed by atoms with Crippen molar-refractivity contribution in [1.82, 2.24) is 0 Å². The number of nitriles is 2. The Morgan fingerprint density at radius 2 is 1.96 bits per heavy atom. The predicted octanol–water partition coefficient (Wildman–Crippen LogP) is 4.06. The molecule has 2 aromatic rings. The number of halogens is 1. The van der Waals surface area contributed by atoms with Gasteiger partial charge >= 0.3 is 5.97 Å². The summed E-state index contributed by atoms with van der Waals surface area (Å²) in [6.45, 7) is 0. The Labute approximate surface area is 141 Å². The van der Waals surface area contributed by atoms with Crippen molar-refractivity contribution in [2.75, 3.05) is 7.11 Å². The van der Waals surface area contributed by atoms with Crippen molar-refractivity contribution in [1.29, 1.82) is 10.5 Å². The van der Waals surface area contributed by atoms with E-state index in [2.05, 4.69) is 0 Å². The summed E-state index contributed by atoms with van der Waals surface area (Å²) in [5.74, 6) is -0.00199. The fraction of sp³-hybridized carbons (Fsp3) is 0.0625. The Morgan fingerprint density at radius 1 is 1.22 bits per heavy atom. The molecule has 0 aliphatic carbocycles. The molecule has 0 aliphatic rings. The number of benzene rings is 1. The zero-order chi connectivity index (χ0) is 16.8. The second kappa shape index (κ2) is 7.46. The van der Waals surface area contributed by atoms with E-state index in [9.17, 15) is 4.79 Å². The normalized spacial score (nSPS) is 9.39. The minimum absolute atomic E-state index is 0.0370. The first kappa shape index (κ1) is 16.6. The monoisotopic (exact) mass is 344 g/mol. The second-order valence-electron chi connectivity index (χ2n) is 4.19. The van der Waals surface area contributed by atoms with Crippen molar-refractivity contribution in [3.63, 3.8) is 0 Å². The first-order valence-corrected chi connectivity index (χ1v) is 7.44. The van der Waals surface area contributed by atoms with Gasteiger partial charge in [0.05, 0.1) is 11.4 Å². The Bertz CT molecular complexity index is 843. The average molecular weight is 345 g/mol. The summed E-state index contributed by atoms with van der Waals surface area (Å²) >= 11 is 6.90. The van der Waals surface area contributed by atoms with Gasteiger partial charge in [0.2, 0.25) is 0 Å². The van der Waals surface area contributed by atoms with Gasteiger partial charge in [-0.1, -0.05) is 17.7 Å². The van der Waals surface area contributed by atoms with Crippen LogP contribution in [-0.2, 0) is 0 Å². The maximum Gasteiger partial charge on any atom is 0.353 e. The molecule has 0 atom stereocenters. The van der Waals surface area contributed by atoms with Gasteiger partial charge in [0.1, 0.15) is 22.6 Å². The van der Waals surface area contributed by atoms with Crippen LogP contribution in [0.1, 0.15) is 15.2 Å². The van der Waals surface area contributed by atoms with E-state index in [4.69, 9.17) is 31.6 Å². The fourth-order valence-corrected chi connectivity index (χ4v) is 2.61. The van der Waals surface area contributed by atoms with Gasteiger partial charge in [-0.05, 0) is 35.9 Å². The molecule has 1 heterocycles. The van der Waals surface area contributed by atoms with E-state index in [1.165, 1.54) is 19.3 Å². The Balaban J connectivity index is 2.27. The highest BCUT2D eigenvalue weighted by Crippen LogP contribution is 2.31. The lowest BCUT2D eigenvalue weighted by Crippen LogP contribution is -2.07. The van der Waals surface area contributed by atoms with E-state index >= 15 is 0 Å². The molecule has 0 bridgehead atoms. The molecule has 0 fully saturated rings. The van der Waals surface area contributed by atoms with Crippen LogP contribution in [0.5, 0.6) is 11.5 Å². The second-order valence-corrected chi connectivity index (χ2v) is 5.90. The van der Waals surface area contributed by atoms with Gasteiger partial charge in [0, 0.05) is 0 Å². The minimum atomic E-state index is -0.543. The Hall–Kier alpha value is -2.80. The van der Waals surface area contributed by atoms with Crippen LogP contribution >= 0.6 is 22.9 Å². The van der Waals surface area contributed by atoms with Crippen LogP contribution in [0.25, 0.3) is 6.08 Å². The highest BCUT2D eigenvalue weighted by molar-refractivity contribution is 7.17. The molecule has 1 aromatic carbocycles. The number of carbonyl (C=O) groups is 1. The SMILES string of the molecule is COc1cc(C=C(C#N)C#N)ccc1OC(=O)c1ccc(Cl)s1. The van der Waals surface area contributed by atoms with Crippen LogP contribution in [0, 0.1) is 22.7 Å². The summed E-state index contributed by atoms with van der Waals surface area (Å²) in [4.78, 5) is 12.4. The molecule has 0 saturated heterocycles. The van der Waals surface area contributed by atoms with Gasteiger partial charge in [-0.25, -0.2) is 4.79 Å². The summed E-state index contributed by atoms with van der Waals surface area (Å²) in [7, 11) is 1.43. The maximum absolute atomic E-state index is 12.0. The van der Waals surface area contributed by atoms with E-state index < -0.39 is 5.97 Å². The summed E-state index contributed by atoms with van der Waals surface area (Å²) in [5, 5.41) is 17.5. The third-order valence-corrected chi connectivity index (χ3v) is 3.93. The number of allylic oxidation sites excluding steroid dienone is 1. The van der Waals surface area contributed by atoms with Gasteiger partial charge in [-0.2, -0.15) is 10.5 Å². The van der Waals surface area contributed by atoms with Crippen LogP contribution < -0.4 is 9.47 Å². The van der Waals surface area contributed by atoms with Gasteiger partial charge in [-0.15, -0.1) is 11.3 Å². The number of methoxy groups -OCH3 is 1. The average Bonchev–Trinajstić information content (AvgIpc) is 3.00. The zero-order valence-corrected chi connectivity index (χ0v) is 13.4. The lowest BCUT2D eigenvalue weighted by molar-refractivity contribution is 0.0735. The predicted molar refractivity (Wildman–Crippen MR) is 86.5 cm³/mol. The van der Waals surface area contributed by atoms with E-state index in [1.54, 1.807) is 36.4 Å². The molecule has 114 valence electrons. The number of nitrogens with zero attached hydrogens (tertiary/aromatic N) is 2. The highest BCUT2D eigenvalue weighted by Gasteiger charge is 2.14. The van der Waals surface area contributed by atoms with E-state index in [-0.39, 0.29) is 11.3 Å². The summed E-state index contributed by atoms with van der Waals surface area (Å²) < 4.78 is 11.0. The molecule has 0 aliphatic heterocycles. The molecule has 0 radical (unpaired) electrons. The molecular formula is C16H9ClN2O3S. The number of carbonyl (C=O) groups excluding carboxylic acids is 1. The molecule has 0 unspecified atom stereocenters. The molecule has 0 amide bonds. The van der Waals surface area contributed by atoms with Crippen LogP contribution in [-0.4, -0.2) is 13.1 Å². The number of hydrogen-bond donors (Lipinski definition) is 0. The first-order valence-electron chi connectivity index (χ1n) is 6.25. The van der Waals surface area contributed by atoms with Crippen LogP contribution in [0.15, 0.2) is 35.9 Å². The molecule has 0 saturated carbocycles. The van der Waals surface area contributed by atoms with Gasteiger partial charge in [0.25, 0.3) is 0 Å². The number of hydrogen-bond acceptors (Lipinski definition) is 6. The number of ether oxygens (including phenoxy) is 2. The molecule has 0 spiro atoms. The van der Waals surface area contributed by atoms with Crippen LogP contribution in [0.3, 0.4) is 0 Å². The number of thiophene rings is 1. The van der Waals surface area contributed by atoms with Crippen molar-refractivity contribution in [3.05, 3.63) is 50.7 Å². The largest absolute Gasteiger partial charge is 0.493 e. The third kappa shape index (κ3) is 4.10. The first-order chi connectivity index (χ1) is 11.1. The minimum Gasteiger partial charge on any atom is -0.493 e. The number of rotatable bonds is 4. The number of esters is 1. The molecule has 5 nitrogen and oxygen atoms in total. The summed E-state index contributed by atoms with van der Waals surface area (Å²) in [6, 6.07) is 11.4. The molecule has 23 heavy (non-hydrogen) atoms. The standard InChI is InChI=1S/C16H9ClN2O3S/c1-21-13-7-10(6-11(8-18)9-19)2-3-12(13)22-16(20)14-4-5-15(17)23-14/h2-7H,1H3. The van der Waals surface area contributed by atoms with Crippen molar-refractivity contribution >= 4 is 35.0 Å². The molecule has 7 heteroatoms. The fourth-order valence-electron chi connectivity index (χ4n) is 1.69. The van der Waals surface area contributed by atoms with Crippen molar-refractivity contribution in [2.24, 2.45) is 0 Å². The maximum atomic E-state index is 12.0. The topological polar surface area (TPSA) is 83.1 Å². The van der Waals surface area contributed by atoms with E-state index in [0.29, 0.717) is 20.5 Å². The molecule has 2 rings (SSSR count). The zero-order valence-electron chi connectivity index (χ0n) is 11.9. The highest BCUT2D eigenvalue weighted by atomic mass is 35.5. The van der Waals surface area contributed by atoms with Gasteiger partial charge in [-0.3, -0.25) is 0 Å². The lowest BCUT2D eigenvalue weighted by atomic mass is 10.1. The summed E-state index contributed by atoms with van der Waals surface area (Å²) in [6.07, 6.45) is 1.41. The van der Waals surface area contributed by atoms with Gasteiger partial charge < -0.3 is 9.47 Å². The Morgan fingerprint density at radius 3 is 2.52 bits per heavy atom. The molecule has 0 N–H and O–H groups in total. The molecule has 1 aromatic heterocycles. The van der Waals surface area contributed by atoms with E-state index in [1.807, 2.05) is 0 Å². The van der Waals surface area contributed by atoms with Crippen molar-refractivity contribution < 1.29 is 14.3 Å². The third-order valence-electron chi connectivity index (χ3n) is 2.72. The quantitative estimate of drug-likeness (QED) is 0.474. The van der Waals surface area contributed by atoms with Gasteiger partial charge in [0.15, 0.2) is 11.5 Å². The summed E-state index contributed by atoms with van der Waals surface area (Å²) in [5.41, 5.74) is 0.545. The van der Waals surface area contributed by atoms with Crippen LogP contribution in [0.4, 0.5) is 0 Å². The smallest absolute Gasteiger partial charge is 0.353 e.